The molecule has 6 heteroatoms. The average molecular weight is 277 g/mol. The zero-order valence-electron chi connectivity index (χ0n) is 11.7. The minimum Gasteiger partial charge on any atom is -0.497 e. The maximum atomic E-state index is 11.8. The molecule has 6 nitrogen and oxygen atoms in total. The van der Waals surface area contributed by atoms with Crippen LogP contribution in [0.3, 0.4) is 0 Å². The zero-order valence-corrected chi connectivity index (χ0v) is 11.7. The number of benzene rings is 1. The number of anilines is 1. The van der Waals surface area contributed by atoms with E-state index in [9.17, 15) is 9.59 Å². The second-order valence-electron chi connectivity index (χ2n) is 4.65. The summed E-state index contributed by atoms with van der Waals surface area (Å²) in [7, 11) is 3.12. The van der Waals surface area contributed by atoms with E-state index >= 15 is 0 Å². The summed E-state index contributed by atoms with van der Waals surface area (Å²) in [6.45, 7) is 0.979. The minimum absolute atomic E-state index is 0.173. The van der Waals surface area contributed by atoms with Crippen molar-refractivity contribution >= 4 is 17.6 Å². The number of ether oxygens (including phenoxy) is 1. The van der Waals surface area contributed by atoms with Crippen molar-refractivity contribution in [2.75, 3.05) is 32.1 Å². The van der Waals surface area contributed by atoms with Crippen molar-refractivity contribution in [1.82, 2.24) is 10.6 Å². The third kappa shape index (κ3) is 3.20. The summed E-state index contributed by atoms with van der Waals surface area (Å²) in [4.78, 5) is 24.9. The molecule has 0 atom stereocenters. The standard InChI is InChI=1S/C14H19N3O3/c1-15-14(19)16-13(18)9-17-7-3-4-10-8-11(20-2)5-6-12(10)17/h5-6,8H,3-4,7,9H2,1-2H3,(H2,15,16,18,19). The van der Waals surface area contributed by atoms with E-state index in [-0.39, 0.29) is 12.5 Å². The van der Waals surface area contributed by atoms with Crippen molar-refractivity contribution in [1.29, 1.82) is 0 Å². The molecule has 1 aliphatic heterocycles. The molecule has 1 heterocycles. The fourth-order valence-corrected chi connectivity index (χ4v) is 2.34. The van der Waals surface area contributed by atoms with Crippen LogP contribution in [0.1, 0.15) is 12.0 Å². The molecule has 0 unspecified atom stereocenters. The number of imide groups is 1. The van der Waals surface area contributed by atoms with Gasteiger partial charge in [-0.2, -0.15) is 0 Å². The van der Waals surface area contributed by atoms with Gasteiger partial charge in [0.1, 0.15) is 5.75 Å². The summed E-state index contributed by atoms with van der Waals surface area (Å²) in [5, 5.41) is 4.64. The molecule has 1 aliphatic rings. The molecule has 1 aromatic rings. The minimum atomic E-state index is -0.484. The number of hydrogen-bond acceptors (Lipinski definition) is 4. The Labute approximate surface area is 118 Å². The van der Waals surface area contributed by atoms with E-state index in [1.807, 2.05) is 23.1 Å². The summed E-state index contributed by atoms with van der Waals surface area (Å²) in [5.74, 6) is 0.508. The van der Waals surface area contributed by atoms with Crippen LogP contribution in [0.4, 0.5) is 10.5 Å². The van der Waals surface area contributed by atoms with Gasteiger partial charge in [-0.25, -0.2) is 4.79 Å². The van der Waals surface area contributed by atoms with Crippen LogP contribution in [0.15, 0.2) is 18.2 Å². The largest absolute Gasteiger partial charge is 0.497 e. The maximum Gasteiger partial charge on any atom is 0.321 e. The number of fused-ring (bicyclic) bond motifs is 1. The number of methoxy groups -OCH3 is 1. The van der Waals surface area contributed by atoms with Gasteiger partial charge >= 0.3 is 6.03 Å². The predicted octanol–water partition coefficient (Wildman–Crippen LogP) is 0.903. The topological polar surface area (TPSA) is 70.7 Å². The number of urea groups is 1. The summed E-state index contributed by atoms with van der Waals surface area (Å²) in [6, 6.07) is 5.36. The predicted molar refractivity (Wildman–Crippen MR) is 76.1 cm³/mol. The van der Waals surface area contributed by atoms with E-state index in [0.29, 0.717) is 0 Å². The average Bonchev–Trinajstić information content (AvgIpc) is 2.46. The van der Waals surface area contributed by atoms with Gasteiger partial charge < -0.3 is 15.0 Å². The van der Waals surface area contributed by atoms with Crippen LogP contribution in [-0.4, -0.2) is 39.2 Å². The van der Waals surface area contributed by atoms with Gasteiger partial charge in [-0.05, 0) is 36.6 Å². The third-order valence-electron chi connectivity index (χ3n) is 3.32. The highest BCUT2D eigenvalue weighted by Crippen LogP contribution is 2.30. The first-order chi connectivity index (χ1) is 9.63. The Hall–Kier alpha value is -2.24. The Morgan fingerprint density at radius 1 is 1.40 bits per heavy atom. The smallest absolute Gasteiger partial charge is 0.321 e. The van der Waals surface area contributed by atoms with Crippen LogP contribution in [0.5, 0.6) is 5.75 Å². The Bertz CT molecular complexity index is 516. The van der Waals surface area contributed by atoms with Crippen molar-refractivity contribution < 1.29 is 14.3 Å². The Morgan fingerprint density at radius 2 is 2.20 bits per heavy atom. The van der Waals surface area contributed by atoms with Gasteiger partial charge in [-0.1, -0.05) is 0 Å². The SMILES string of the molecule is CNC(=O)NC(=O)CN1CCCc2cc(OC)ccc21. The van der Waals surface area contributed by atoms with Crippen LogP contribution in [0.2, 0.25) is 0 Å². The molecule has 1 aromatic carbocycles. The second kappa shape index (κ2) is 6.27. The molecule has 0 aliphatic carbocycles. The van der Waals surface area contributed by atoms with Gasteiger partial charge in [0.05, 0.1) is 13.7 Å². The van der Waals surface area contributed by atoms with E-state index in [1.165, 1.54) is 12.6 Å². The monoisotopic (exact) mass is 277 g/mol. The molecule has 108 valence electrons. The summed E-state index contributed by atoms with van der Waals surface area (Å²) >= 11 is 0. The molecule has 0 fully saturated rings. The quantitative estimate of drug-likeness (QED) is 0.861. The fourth-order valence-electron chi connectivity index (χ4n) is 2.34. The first kappa shape index (κ1) is 14.2. The Balaban J connectivity index is 2.08. The first-order valence-corrected chi connectivity index (χ1v) is 6.57. The van der Waals surface area contributed by atoms with Crippen LogP contribution >= 0.6 is 0 Å². The van der Waals surface area contributed by atoms with Gasteiger partial charge in [0.2, 0.25) is 5.91 Å². The van der Waals surface area contributed by atoms with E-state index in [1.54, 1.807) is 7.11 Å². The van der Waals surface area contributed by atoms with Gasteiger partial charge in [0, 0.05) is 19.3 Å². The lowest BCUT2D eigenvalue weighted by Gasteiger charge is -2.30. The lowest BCUT2D eigenvalue weighted by atomic mass is 10.0. The molecular formula is C14H19N3O3. The van der Waals surface area contributed by atoms with Crippen LogP contribution < -0.4 is 20.3 Å². The number of nitrogens with zero attached hydrogens (tertiary/aromatic N) is 1. The Kier molecular flexibility index (Phi) is 4.45. The maximum absolute atomic E-state index is 11.8. The van der Waals surface area contributed by atoms with Gasteiger partial charge in [-0.3, -0.25) is 10.1 Å². The first-order valence-electron chi connectivity index (χ1n) is 6.57. The normalized spacial score (nSPS) is 13.4. The molecule has 20 heavy (non-hydrogen) atoms. The van der Waals surface area contributed by atoms with Crippen molar-refractivity contribution in [3.8, 4) is 5.75 Å². The molecule has 2 rings (SSSR count). The molecule has 0 radical (unpaired) electrons. The van der Waals surface area contributed by atoms with E-state index in [0.717, 1.165) is 30.8 Å². The van der Waals surface area contributed by atoms with Crippen LogP contribution in [0, 0.1) is 0 Å². The number of carbonyl (C=O) groups is 2. The molecule has 0 saturated carbocycles. The number of rotatable bonds is 3. The summed E-state index contributed by atoms with van der Waals surface area (Å²) in [6.07, 6.45) is 1.95. The van der Waals surface area contributed by atoms with Crippen molar-refractivity contribution in [2.45, 2.75) is 12.8 Å². The van der Waals surface area contributed by atoms with E-state index in [4.69, 9.17) is 4.74 Å². The highest BCUT2D eigenvalue weighted by atomic mass is 16.5. The van der Waals surface area contributed by atoms with E-state index in [2.05, 4.69) is 10.6 Å². The number of nitrogens with one attached hydrogen (secondary N) is 2. The number of hydrogen-bond donors (Lipinski definition) is 2. The second-order valence-corrected chi connectivity index (χ2v) is 4.65. The molecule has 0 bridgehead atoms. The lowest BCUT2D eigenvalue weighted by molar-refractivity contribution is -0.118. The number of carbonyl (C=O) groups excluding carboxylic acids is 2. The molecule has 0 saturated heterocycles. The third-order valence-corrected chi connectivity index (χ3v) is 3.32. The molecule has 2 N–H and O–H groups in total. The fraction of sp³-hybridized carbons (Fsp3) is 0.429. The Morgan fingerprint density at radius 3 is 2.90 bits per heavy atom. The lowest BCUT2D eigenvalue weighted by Crippen LogP contribution is -2.44. The summed E-state index contributed by atoms with van der Waals surface area (Å²) < 4.78 is 5.21. The van der Waals surface area contributed by atoms with Crippen molar-refractivity contribution in [3.63, 3.8) is 0 Å². The van der Waals surface area contributed by atoms with Crippen LogP contribution in [-0.2, 0) is 11.2 Å². The highest BCUT2D eigenvalue weighted by Gasteiger charge is 2.20. The number of amides is 3. The molecular weight excluding hydrogens is 258 g/mol. The molecule has 0 spiro atoms. The highest BCUT2D eigenvalue weighted by molar-refractivity contribution is 5.96. The molecule has 0 aromatic heterocycles. The molecule has 3 amide bonds. The van der Waals surface area contributed by atoms with E-state index < -0.39 is 6.03 Å². The van der Waals surface area contributed by atoms with Crippen LogP contribution in [0.25, 0.3) is 0 Å². The van der Waals surface area contributed by atoms with Gasteiger partial charge in [0.15, 0.2) is 0 Å². The van der Waals surface area contributed by atoms with Gasteiger partial charge in [0.25, 0.3) is 0 Å². The van der Waals surface area contributed by atoms with Gasteiger partial charge in [-0.15, -0.1) is 0 Å². The van der Waals surface area contributed by atoms with Crippen molar-refractivity contribution in [2.24, 2.45) is 0 Å². The summed E-state index contributed by atoms with van der Waals surface area (Å²) in [5.41, 5.74) is 2.20. The van der Waals surface area contributed by atoms with Crippen molar-refractivity contribution in [3.05, 3.63) is 23.8 Å². The number of aryl methyl sites for hydroxylation is 1. The zero-order chi connectivity index (χ0) is 14.5.